The fourth-order valence-corrected chi connectivity index (χ4v) is 2.44. The van der Waals surface area contributed by atoms with Gasteiger partial charge in [0.15, 0.2) is 0 Å². The van der Waals surface area contributed by atoms with Crippen LogP contribution in [0.5, 0.6) is 5.75 Å². The summed E-state index contributed by atoms with van der Waals surface area (Å²) in [6, 6.07) is 11.2. The number of nitrogens with zero attached hydrogens (tertiary/aromatic N) is 3. The Morgan fingerprint density at radius 1 is 1.27 bits per heavy atom. The van der Waals surface area contributed by atoms with Gasteiger partial charge in [-0.15, -0.1) is 0 Å². The fraction of sp³-hybridized carbons (Fsp3) is 0.111. The molecule has 0 saturated heterocycles. The molecule has 0 saturated carbocycles. The van der Waals surface area contributed by atoms with Crippen LogP contribution in [0, 0.1) is 10.1 Å². The zero-order valence-corrected chi connectivity index (χ0v) is 14.0. The lowest BCUT2D eigenvalue weighted by molar-refractivity contribution is -0.384. The van der Waals surface area contributed by atoms with E-state index in [0.717, 1.165) is 0 Å². The molecule has 0 aliphatic carbocycles. The highest BCUT2D eigenvalue weighted by Crippen LogP contribution is 2.25. The third-order valence-corrected chi connectivity index (χ3v) is 3.64. The lowest BCUT2D eigenvalue weighted by Crippen LogP contribution is -2.12. The molecule has 8 nitrogen and oxygen atoms in total. The van der Waals surface area contributed by atoms with Gasteiger partial charge in [-0.2, -0.15) is 0 Å². The summed E-state index contributed by atoms with van der Waals surface area (Å²) in [7, 11) is 0. The van der Waals surface area contributed by atoms with Crippen LogP contribution in [0.3, 0.4) is 0 Å². The molecule has 0 bridgehead atoms. The van der Waals surface area contributed by atoms with Gasteiger partial charge < -0.3 is 14.6 Å². The number of rotatable bonds is 6. The van der Waals surface area contributed by atoms with Gasteiger partial charge in [0.2, 0.25) is 0 Å². The van der Waals surface area contributed by atoms with Crippen molar-refractivity contribution in [1.29, 1.82) is 0 Å². The van der Waals surface area contributed by atoms with E-state index in [2.05, 4.69) is 10.3 Å². The van der Waals surface area contributed by atoms with E-state index in [4.69, 9.17) is 4.74 Å². The number of amides is 1. The molecule has 0 atom stereocenters. The Kier molecular flexibility index (Phi) is 4.93. The molecule has 0 spiro atoms. The molecule has 3 rings (SSSR count). The number of nitro groups is 1. The van der Waals surface area contributed by atoms with Crippen LogP contribution in [0.4, 0.5) is 11.4 Å². The summed E-state index contributed by atoms with van der Waals surface area (Å²) in [5.41, 5.74) is 0.918. The Labute approximate surface area is 149 Å². The second-order valence-electron chi connectivity index (χ2n) is 5.34. The minimum atomic E-state index is -0.525. The number of carbonyl (C=O) groups excluding carboxylic acids is 1. The summed E-state index contributed by atoms with van der Waals surface area (Å²) in [6.07, 6.45) is 4.58. The molecule has 3 aromatic rings. The van der Waals surface area contributed by atoms with Gasteiger partial charge in [-0.3, -0.25) is 14.9 Å². The van der Waals surface area contributed by atoms with Crippen LogP contribution in [0.15, 0.2) is 61.2 Å². The van der Waals surface area contributed by atoms with Crippen LogP contribution in [-0.4, -0.2) is 27.0 Å². The van der Waals surface area contributed by atoms with E-state index in [9.17, 15) is 14.9 Å². The molecule has 0 aliphatic rings. The number of nitro benzene ring substituents is 1. The second kappa shape index (κ2) is 7.47. The largest absolute Gasteiger partial charge is 0.494 e. The van der Waals surface area contributed by atoms with E-state index in [0.29, 0.717) is 23.7 Å². The number of anilines is 1. The predicted octanol–water partition coefficient (Wildman–Crippen LogP) is 3.43. The van der Waals surface area contributed by atoms with Gasteiger partial charge in [0.25, 0.3) is 11.6 Å². The topological polar surface area (TPSA) is 99.3 Å². The van der Waals surface area contributed by atoms with Gasteiger partial charge in [0.1, 0.15) is 11.4 Å². The number of carbonyl (C=O) groups is 1. The summed E-state index contributed by atoms with van der Waals surface area (Å²) in [5, 5.41) is 14.1. The Bertz CT molecular complexity index is 921. The van der Waals surface area contributed by atoms with Crippen LogP contribution >= 0.6 is 0 Å². The molecule has 8 heteroatoms. The SMILES string of the molecule is CCOc1ccc(NC(=O)c2ccc(-n3ccnc3)c([N+](=O)[O-])c2)cc1. The Morgan fingerprint density at radius 3 is 2.65 bits per heavy atom. The van der Waals surface area contributed by atoms with Gasteiger partial charge in [0, 0.05) is 29.7 Å². The number of benzene rings is 2. The van der Waals surface area contributed by atoms with Crippen molar-refractivity contribution in [2.75, 3.05) is 11.9 Å². The fourth-order valence-electron chi connectivity index (χ4n) is 2.44. The van der Waals surface area contributed by atoms with Crippen molar-refractivity contribution in [2.45, 2.75) is 6.92 Å². The third-order valence-electron chi connectivity index (χ3n) is 3.64. The van der Waals surface area contributed by atoms with Crippen LogP contribution in [0.25, 0.3) is 5.69 Å². The first-order valence-corrected chi connectivity index (χ1v) is 7.89. The van der Waals surface area contributed by atoms with Crippen molar-refractivity contribution in [3.8, 4) is 11.4 Å². The van der Waals surface area contributed by atoms with Crippen molar-refractivity contribution in [3.63, 3.8) is 0 Å². The van der Waals surface area contributed by atoms with Crippen LogP contribution in [0.2, 0.25) is 0 Å². The number of aromatic nitrogens is 2. The van der Waals surface area contributed by atoms with Crippen LogP contribution in [-0.2, 0) is 0 Å². The molecular formula is C18H16N4O4. The summed E-state index contributed by atoms with van der Waals surface area (Å²) < 4.78 is 6.87. The number of hydrogen-bond donors (Lipinski definition) is 1. The Hall–Kier alpha value is -3.68. The van der Waals surface area contributed by atoms with Crippen molar-refractivity contribution in [2.24, 2.45) is 0 Å². The van der Waals surface area contributed by atoms with E-state index in [-0.39, 0.29) is 11.3 Å². The predicted molar refractivity (Wildman–Crippen MR) is 95.8 cm³/mol. The highest BCUT2D eigenvalue weighted by Gasteiger charge is 2.18. The van der Waals surface area contributed by atoms with Crippen molar-refractivity contribution >= 4 is 17.3 Å². The number of nitrogens with one attached hydrogen (secondary N) is 1. The maximum absolute atomic E-state index is 12.4. The van der Waals surface area contributed by atoms with Crippen molar-refractivity contribution in [3.05, 3.63) is 76.9 Å². The molecule has 1 N–H and O–H groups in total. The zero-order valence-electron chi connectivity index (χ0n) is 14.0. The maximum Gasteiger partial charge on any atom is 0.294 e. The molecular weight excluding hydrogens is 336 g/mol. The first kappa shape index (κ1) is 17.2. The van der Waals surface area contributed by atoms with E-state index >= 15 is 0 Å². The molecule has 1 amide bonds. The molecule has 2 aromatic carbocycles. The smallest absolute Gasteiger partial charge is 0.294 e. The minimum Gasteiger partial charge on any atom is -0.494 e. The van der Waals surface area contributed by atoms with Gasteiger partial charge in [-0.1, -0.05) is 0 Å². The van der Waals surface area contributed by atoms with E-state index < -0.39 is 10.8 Å². The first-order valence-electron chi connectivity index (χ1n) is 7.89. The second-order valence-corrected chi connectivity index (χ2v) is 5.34. The lowest BCUT2D eigenvalue weighted by Gasteiger charge is -2.09. The van der Waals surface area contributed by atoms with E-state index in [1.54, 1.807) is 30.5 Å². The highest BCUT2D eigenvalue weighted by atomic mass is 16.6. The summed E-state index contributed by atoms with van der Waals surface area (Å²) in [6.45, 7) is 2.44. The Balaban J connectivity index is 1.83. The standard InChI is InChI=1S/C18H16N4O4/c1-2-26-15-6-4-14(5-7-15)20-18(23)13-3-8-16(17(11-13)22(24)25)21-10-9-19-12-21/h3-12H,2H2,1H3,(H,20,23). The quantitative estimate of drug-likeness (QED) is 0.541. The number of imidazole rings is 1. The maximum atomic E-state index is 12.4. The molecule has 1 aromatic heterocycles. The van der Waals surface area contributed by atoms with Crippen LogP contribution < -0.4 is 10.1 Å². The molecule has 1 heterocycles. The van der Waals surface area contributed by atoms with Crippen molar-refractivity contribution < 1.29 is 14.5 Å². The molecule has 0 fully saturated rings. The Morgan fingerprint density at radius 2 is 2.04 bits per heavy atom. The average molecular weight is 352 g/mol. The molecule has 0 aliphatic heterocycles. The van der Waals surface area contributed by atoms with Gasteiger partial charge >= 0.3 is 0 Å². The molecule has 0 radical (unpaired) electrons. The molecule has 132 valence electrons. The number of hydrogen-bond acceptors (Lipinski definition) is 5. The number of ether oxygens (including phenoxy) is 1. The van der Waals surface area contributed by atoms with Crippen LogP contribution in [0.1, 0.15) is 17.3 Å². The van der Waals surface area contributed by atoms with Gasteiger partial charge in [-0.05, 0) is 43.3 Å². The molecule has 26 heavy (non-hydrogen) atoms. The monoisotopic (exact) mass is 352 g/mol. The zero-order chi connectivity index (χ0) is 18.5. The summed E-state index contributed by atoms with van der Waals surface area (Å²) >= 11 is 0. The third kappa shape index (κ3) is 3.69. The highest BCUT2D eigenvalue weighted by molar-refractivity contribution is 6.04. The average Bonchev–Trinajstić information content (AvgIpc) is 3.17. The normalized spacial score (nSPS) is 10.3. The summed E-state index contributed by atoms with van der Waals surface area (Å²) in [4.78, 5) is 27.1. The van der Waals surface area contributed by atoms with Gasteiger partial charge in [-0.25, -0.2) is 4.98 Å². The van der Waals surface area contributed by atoms with Gasteiger partial charge in [0.05, 0.1) is 17.9 Å². The first-order chi connectivity index (χ1) is 12.6. The summed E-state index contributed by atoms with van der Waals surface area (Å²) in [5.74, 6) is 0.264. The minimum absolute atomic E-state index is 0.178. The van der Waals surface area contributed by atoms with E-state index in [1.807, 2.05) is 6.92 Å². The molecule has 0 unspecified atom stereocenters. The lowest BCUT2D eigenvalue weighted by atomic mass is 10.1. The van der Waals surface area contributed by atoms with E-state index in [1.165, 1.54) is 35.3 Å². The van der Waals surface area contributed by atoms with Crippen molar-refractivity contribution in [1.82, 2.24) is 9.55 Å².